The van der Waals surface area contributed by atoms with Crippen LogP contribution in [0, 0.1) is 12.3 Å². The first-order chi connectivity index (χ1) is 10.3. The quantitative estimate of drug-likeness (QED) is 0.860. The smallest absolute Gasteiger partial charge is 0.0951 e. The molecular weight excluding hydrogens is 278 g/mol. The zero-order valence-electron chi connectivity index (χ0n) is 12.2. The number of fused-ring (bicyclic) bond motifs is 1. The fourth-order valence-corrected chi connectivity index (χ4v) is 3.80. The van der Waals surface area contributed by atoms with Crippen LogP contribution in [-0.2, 0) is 6.42 Å². The Bertz CT molecular complexity index is 587. The van der Waals surface area contributed by atoms with Crippen LogP contribution in [0.25, 0.3) is 10.2 Å². The van der Waals surface area contributed by atoms with Crippen LogP contribution in [0.1, 0.15) is 17.8 Å². The minimum atomic E-state index is 0.633. The Balaban J connectivity index is 1.43. The molecule has 1 fully saturated rings. The van der Waals surface area contributed by atoms with E-state index in [2.05, 4.69) is 39.3 Å². The monoisotopic (exact) mass is 299 g/mol. The lowest BCUT2D eigenvalue weighted by Gasteiger charge is -2.31. The third-order valence-electron chi connectivity index (χ3n) is 4.01. The summed E-state index contributed by atoms with van der Waals surface area (Å²) < 4.78 is 1.29. The van der Waals surface area contributed by atoms with E-state index in [1.807, 2.05) is 17.4 Å². The summed E-state index contributed by atoms with van der Waals surface area (Å²) in [5.74, 6) is 2.73. The van der Waals surface area contributed by atoms with E-state index in [1.54, 1.807) is 0 Å². The largest absolute Gasteiger partial charge is 0.313 e. The summed E-state index contributed by atoms with van der Waals surface area (Å²) in [6.45, 7) is 4.03. The summed E-state index contributed by atoms with van der Waals surface area (Å²) in [7, 11) is 0. The molecule has 2 heterocycles. The first-order valence-corrected chi connectivity index (χ1v) is 8.40. The average Bonchev–Trinajstić information content (AvgIpc) is 2.92. The molecule has 3 rings (SSSR count). The highest BCUT2D eigenvalue weighted by atomic mass is 32.1. The van der Waals surface area contributed by atoms with Crippen molar-refractivity contribution in [1.29, 1.82) is 0 Å². The lowest BCUT2D eigenvalue weighted by Crippen LogP contribution is -2.43. The topological polar surface area (TPSA) is 28.2 Å². The first-order valence-electron chi connectivity index (χ1n) is 7.59. The normalized spacial score (nSPS) is 17.1. The van der Waals surface area contributed by atoms with Gasteiger partial charge >= 0.3 is 0 Å². The van der Waals surface area contributed by atoms with Crippen molar-refractivity contribution in [2.24, 2.45) is 0 Å². The molecule has 21 heavy (non-hydrogen) atoms. The van der Waals surface area contributed by atoms with Crippen molar-refractivity contribution in [3.05, 3.63) is 29.3 Å². The molecule has 0 saturated carbocycles. The number of rotatable bonds is 5. The standard InChI is InChI=1S/C17H21N3S/c1-2-11-20-12-8-14(9-13-20)18-10-7-17-19-15-5-3-4-6-16(15)21-17/h1,3-6,14,18H,7-13H2. The lowest BCUT2D eigenvalue weighted by atomic mass is 10.1. The van der Waals surface area contributed by atoms with Crippen LogP contribution >= 0.6 is 11.3 Å². The van der Waals surface area contributed by atoms with E-state index in [-0.39, 0.29) is 0 Å². The second-order valence-corrected chi connectivity index (χ2v) is 6.65. The van der Waals surface area contributed by atoms with Crippen LogP contribution in [0.4, 0.5) is 0 Å². The van der Waals surface area contributed by atoms with Gasteiger partial charge in [-0.15, -0.1) is 17.8 Å². The maximum atomic E-state index is 5.36. The number of thiazole rings is 1. The Labute approximate surface area is 130 Å². The molecule has 4 heteroatoms. The number of aromatic nitrogens is 1. The molecule has 1 N–H and O–H groups in total. The third kappa shape index (κ3) is 3.82. The van der Waals surface area contributed by atoms with Crippen molar-refractivity contribution >= 4 is 21.6 Å². The van der Waals surface area contributed by atoms with Gasteiger partial charge in [-0.25, -0.2) is 4.98 Å². The summed E-state index contributed by atoms with van der Waals surface area (Å²) in [4.78, 5) is 7.03. The third-order valence-corrected chi connectivity index (χ3v) is 5.11. The molecule has 2 aromatic rings. The van der Waals surface area contributed by atoms with Crippen LogP contribution < -0.4 is 5.32 Å². The minimum Gasteiger partial charge on any atom is -0.313 e. The molecule has 1 aromatic carbocycles. The van der Waals surface area contributed by atoms with Gasteiger partial charge in [0.15, 0.2) is 0 Å². The predicted molar refractivity (Wildman–Crippen MR) is 89.6 cm³/mol. The fraction of sp³-hybridized carbons (Fsp3) is 0.471. The zero-order chi connectivity index (χ0) is 14.5. The van der Waals surface area contributed by atoms with Gasteiger partial charge in [-0.3, -0.25) is 4.90 Å². The van der Waals surface area contributed by atoms with Crippen molar-refractivity contribution in [2.45, 2.75) is 25.3 Å². The number of terminal acetylenes is 1. The van der Waals surface area contributed by atoms with Crippen molar-refractivity contribution in [1.82, 2.24) is 15.2 Å². The molecule has 0 bridgehead atoms. The van der Waals surface area contributed by atoms with E-state index in [1.165, 1.54) is 22.5 Å². The van der Waals surface area contributed by atoms with Gasteiger partial charge in [0.2, 0.25) is 0 Å². The van der Waals surface area contributed by atoms with E-state index in [9.17, 15) is 0 Å². The summed E-state index contributed by atoms with van der Waals surface area (Å²) in [5.41, 5.74) is 1.13. The Morgan fingerprint density at radius 2 is 2.14 bits per heavy atom. The van der Waals surface area contributed by atoms with Gasteiger partial charge in [0.25, 0.3) is 0 Å². The number of likely N-dealkylation sites (tertiary alicyclic amines) is 1. The average molecular weight is 299 g/mol. The van der Waals surface area contributed by atoms with Crippen molar-refractivity contribution < 1.29 is 0 Å². The van der Waals surface area contributed by atoms with Gasteiger partial charge in [0, 0.05) is 32.1 Å². The molecule has 0 atom stereocenters. The lowest BCUT2D eigenvalue weighted by molar-refractivity contribution is 0.218. The van der Waals surface area contributed by atoms with Crippen LogP contribution in [0.3, 0.4) is 0 Å². The molecule has 0 spiro atoms. The zero-order valence-corrected chi connectivity index (χ0v) is 13.0. The number of piperidine rings is 1. The Morgan fingerprint density at radius 1 is 1.33 bits per heavy atom. The molecule has 0 unspecified atom stereocenters. The summed E-state index contributed by atoms with van der Waals surface area (Å²) in [5, 5.41) is 4.90. The van der Waals surface area contributed by atoms with Crippen molar-refractivity contribution in [2.75, 3.05) is 26.2 Å². The number of para-hydroxylation sites is 1. The van der Waals surface area contributed by atoms with Crippen LogP contribution in [0.2, 0.25) is 0 Å². The molecule has 0 amide bonds. The molecule has 1 aromatic heterocycles. The molecule has 0 aliphatic carbocycles. The van der Waals surface area contributed by atoms with E-state index in [0.29, 0.717) is 6.04 Å². The van der Waals surface area contributed by atoms with E-state index in [4.69, 9.17) is 6.42 Å². The van der Waals surface area contributed by atoms with E-state index >= 15 is 0 Å². The minimum absolute atomic E-state index is 0.633. The summed E-state index contributed by atoms with van der Waals surface area (Å²) in [6.07, 6.45) is 8.77. The van der Waals surface area contributed by atoms with Gasteiger partial charge in [-0.2, -0.15) is 0 Å². The first kappa shape index (κ1) is 14.5. The van der Waals surface area contributed by atoms with Gasteiger partial charge < -0.3 is 5.32 Å². The van der Waals surface area contributed by atoms with Gasteiger partial charge in [0.1, 0.15) is 0 Å². The number of nitrogens with zero attached hydrogens (tertiary/aromatic N) is 2. The Morgan fingerprint density at radius 3 is 2.90 bits per heavy atom. The number of hydrogen-bond donors (Lipinski definition) is 1. The van der Waals surface area contributed by atoms with Gasteiger partial charge in [-0.1, -0.05) is 18.1 Å². The van der Waals surface area contributed by atoms with E-state index < -0.39 is 0 Å². The van der Waals surface area contributed by atoms with Crippen LogP contribution in [0.15, 0.2) is 24.3 Å². The summed E-state index contributed by atoms with van der Waals surface area (Å²) in [6, 6.07) is 8.99. The summed E-state index contributed by atoms with van der Waals surface area (Å²) >= 11 is 1.81. The van der Waals surface area contributed by atoms with Crippen molar-refractivity contribution in [3.63, 3.8) is 0 Å². The Hall–Kier alpha value is -1.41. The number of benzene rings is 1. The van der Waals surface area contributed by atoms with Gasteiger partial charge in [-0.05, 0) is 25.0 Å². The van der Waals surface area contributed by atoms with Crippen LogP contribution in [-0.4, -0.2) is 42.1 Å². The second kappa shape index (κ2) is 7.04. The maximum Gasteiger partial charge on any atom is 0.0951 e. The highest BCUT2D eigenvalue weighted by molar-refractivity contribution is 7.18. The van der Waals surface area contributed by atoms with Gasteiger partial charge in [0.05, 0.1) is 21.8 Å². The highest BCUT2D eigenvalue weighted by Gasteiger charge is 2.17. The molecule has 1 aliphatic heterocycles. The molecular formula is C17H21N3S. The SMILES string of the molecule is C#CCN1CCC(NCCc2nc3ccccc3s2)CC1. The molecule has 0 radical (unpaired) electrons. The van der Waals surface area contributed by atoms with E-state index in [0.717, 1.165) is 38.1 Å². The molecule has 1 saturated heterocycles. The molecule has 3 nitrogen and oxygen atoms in total. The van der Waals surface area contributed by atoms with Crippen LogP contribution in [0.5, 0.6) is 0 Å². The second-order valence-electron chi connectivity index (χ2n) is 5.53. The number of nitrogens with one attached hydrogen (secondary N) is 1. The Kier molecular flexibility index (Phi) is 4.87. The highest BCUT2D eigenvalue weighted by Crippen LogP contribution is 2.21. The number of hydrogen-bond acceptors (Lipinski definition) is 4. The van der Waals surface area contributed by atoms with Crippen molar-refractivity contribution in [3.8, 4) is 12.3 Å². The molecule has 110 valence electrons. The maximum absolute atomic E-state index is 5.36. The molecule has 1 aliphatic rings. The predicted octanol–water partition coefficient (Wildman–Crippen LogP) is 2.53. The fourth-order valence-electron chi connectivity index (χ4n) is 2.83.